The van der Waals surface area contributed by atoms with Crippen LogP contribution in [0.25, 0.3) is 0 Å². The van der Waals surface area contributed by atoms with Crippen LogP contribution in [0.2, 0.25) is 0 Å². The molecule has 9 nitrogen and oxygen atoms in total. The number of hydrogen-bond acceptors (Lipinski definition) is 9. The third-order valence-electron chi connectivity index (χ3n) is 6.30. The minimum absolute atomic E-state index is 0.0103. The molecule has 10 heteroatoms. The zero-order valence-electron chi connectivity index (χ0n) is 18.6. The van der Waals surface area contributed by atoms with Gasteiger partial charge >= 0.3 is 5.97 Å². The molecule has 1 aromatic carbocycles. The topological polar surface area (TPSA) is 85.2 Å². The fraction of sp³-hybridized carbons (Fsp3) is 0.522. The van der Waals surface area contributed by atoms with Crippen LogP contribution < -0.4 is 4.74 Å². The summed E-state index contributed by atoms with van der Waals surface area (Å²) in [7, 11) is 1.54. The number of aliphatic imine (C=N–C) groups is 1. The van der Waals surface area contributed by atoms with Crippen molar-refractivity contribution in [2.45, 2.75) is 51.0 Å². The van der Waals surface area contributed by atoms with Gasteiger partial charge in [-0.05, 0) is 44.4 Å². The highest BCUT2D eigenvalue weighted by Gasteiger charge is 2.47. The quantitative estimate of drug-likeness (QED) is 0.459. The van der Waals surface area contributed by atoms with Crippen LogP contribution in [0, 0.1) is 11.7 Å². The fourth-order valence-corrected chi connectivity index (χ4v) is 4.83. The van der Waals surface area contributed by atoms with Crippen LogP contribution in [0.1, 0.15) is 31.7 Å². The van der Waals surface area contributed by atoms with Gasteiger partial charge in [0.15, 0.2) is 24.6 Å². The lowest BCUT2D eigenvalue weighted by molar-refractivity contribution is -0.146. The van der Waals surface area contributed by atoms with E-state index in [2.05, 4.69) is 10.0 Å². The van der Waals surface area contributed by atoms with Gasteiger partial charge < -0.3 is 23.8 Å². The molecular weight excluding hydrogens is 431 g/mol. The lowest BCUT2D eigenvalue weighted by atomic mass is 10.0. The predicted molar refractivity (Wildman–Crippen MR) is 117 cm³/mol. The molecule has 1 aromatic rings. The SMILES string of the molecule is CCOC(=O)C1C=NN2C=C3O[C@H]4CCC[C@H]4N(Cc4cc(F)ccc4OCOC)C3=NC12. The van der Waals surface area contributed by atoms with Gasteiger partial charge in [0.1, 0.15) is 23.6 Å². The molecule has 1 aliphatic carbocycles. The molecule has 1 saturated heterocycles. The number of halogens is 1. The number of rotatable bonds is 7. The number of hydrogen-bond donors (Lipinski definition) is 0. The molecule has 4 atom stereocenters. The Morgan fingerprint density at radius 3 is 3.03 bits per heavy atom. The van der Waals surface area contributed by atoms with E-state index >= 15 is 0 Å². The number of benzene rings is 1. The Morgan fingerprint density at radius 2 is 2.21 bits per heavy atom. The lowest BCUT2D eigenvalue weighted by Gasteiger charge is -2.44. The van der Waals surface area contributed by atoms with Crippen LogP contribution in [0.3, 0.4) is 0 Å². The van der Waals surface area contributed by atoms with Crippen molar-refractivity contribution in [1.82, 2.24) is 9.91 Å². The second-order valence-corrected chi connectivity index (χ2v) is 8.37. The summed E-state index contributed by atoms with van der Waals surface area (Å²) in [5.41, 5.74) is 0.689. The average molecular weight is 458 g/mol. The maximum Gasteiger partial charge on any atom is 0.318 e. The van der Waals surface area contributed by atoms with Gasteiger partial charge in [-0.2, -0.15) is 5.10 Å². The summed E-state index contributed by atoms with van der Waals surface area (Å²) in [4.78, 5) is 19.5. The second-order valence-electron chi connectivity index (χ2n) is 8.37. The van der Waals surface area contributed by atoms with Gasteiger partial charge in [0.25, 0.3) is 0 Å². The summed E-state index contributed by atoms with van der Waals surface area (Å²) >= 11 is 0. The van der Waals surface area contributed by atoms with Gasteiger partial charge in [-0.1, -0.05) is 0 Å². The van der Waals surface area contributed by atoms with Gasteiger partial charge in [0.2, 0.25) is 0 Å². The van der Waals surface area contributed by atoms with Gasteiger partial charge in [-0.3, -0.25) is 4.79 Å². The zero-order valence-corrected chi connectivity index (χ0v) is 18.6. The van der Waals surface area contributed by atoms with E-state index in [1.54, 1.807) is 30.4 Å². The predicted octanol–water partition coefficient (Wildman–Crippen LogP) is 2.62. The maximum atomic E-state index is 14.2. The molecule has 0 bridgehead atoms. The van der Waals surface area contributed by atoms with E-state index in [4.69, 9.17) is 23.9 Å². The Morgan fingerprint density at radius 1 is 1.33 bits per heavy atom. The number of carbonyl (C=O) groups is 1. The van der Waals surface area contributed by atoms with Gasteiger partial charge in [0, 0.05) is 25.4 Å². The molecule has 0 N–H and O–H groups in total. The summed E-state index contributed by atoms with van der Waals surface area (Å²) in [6.07, 6.45) is 5.72. The van der Waals surface area contributed by atoms with Crippen molar-refractivity contribution in [2.24, 2.45) is 16.0 Å². The summed E-state index contributed by atoms with van der Waals surface area (Å²) in [5.74, 6) is 0.486. The van der Waals surface area contributed by atoms with E-state index in [1.807, 2.05) is 0 Å². The van der Waals surface area contributed by atoms with E-state index in [0.29, 0.717) is 29.5 Å². The van der Waals surface area contributed by atoms with Crippen molar-refractivity contribution in [3.05, 3.63) is 41.5 Å². The molecule has 3 heterocycles. The van der Waals surface area contributed by atoms with Crippen LogP contribution in [0.15, 0.2) is 40.3 Å². The molecule has 0 amide bonds. The van der Waals surface area contributed by atoms with E-state index in [9.17, 15) is 9.18 Å². The van der Waals surface area contributed by atoms with E-state index in [-0.39, 0.29) is 37.3 Å². The number of methoxy groups -OCH3 is 1. The summed E-state index contributed by atoms with van der Waals surface area (Å²) in [6, 6.07) is 4.55. The number of carbonyl (C=O) groups excluding carboxylic acids is 1. The highest BCUT2D eigenvalue weighted by atomic mass is 19.1. The highest BCUT2D eigenvalue weighted by Crippen LogP contribution is 2.39. The first-order valence-electron chi connectivity index (χ1n) is 11.2. The number of ether oxygens (including phenoxy) is 4. The molecule has 0 radical (unpaired) electrons. The molecule has 4 aliphatic rings. The van der Waals surface area contributed by atoms with E-state index in [1.165, 1.54) is 19.2 Å². The minimum atomic E-state index is -0.604. The molecule has 33 heavy (non-hydrogen) atoms. The van der Waals surface area contributed by atoms with Gasteiger partial charge in [-0.15, -0.1) is 0 Å². The van der Waals surface area contributed by atoms with E-state index < -0.39 is 12.1 Å². The first-order chi connectivity index (χ1) is 16.1. The summed E-state index contributed by atoms with van der Waals surface area (Å²) in [6.45, 7) is 2.51. The fourth-order valence-electron chi connectivity index (χ4n) is 4.83. The zero-order chi connectivity index (χ0) is 22.9. The Labute approximate surface area is 191 Å². The monoisotopic (exact) mass is 458 g/mol. The number of amidine groups is 1. The second kappa shape index (κ2) is 9.01. The maximum absolute atomic E-state index is 14.2. The molecule has 0 aromatic heterocycles. The molecule has 5 rings (SSSR count). The van der Waals surface area contributed by atoms with Gasteiger partial charge in [-0.25, -0.2) is 14.4 Å². The molecule has 0 spiro atoms. The van der Waals surface area contributed by atoms with Crippen LogP contribution in [-0.2, 0) is 25.5 Å². The van der Waals surface area contributed by atoms with Crippen LogP contribution in [-0.4, -0.2) is 66.7 Å². The summed E-state index contributed by atoms with van der Waals surface area (Å²) in [5, 5.41) is 5.97. The Balaban J connectivity index is 1.48. The number of nitrogens with zero attached hydrogens (tertiary/aromatic N) is 4. The van der Waals surface area contributed by atoms with Crippen LogP contribution in [0.5, 0.6) is 5.75 Å². The van der Waals surface area contributed by atoms with Crippen molar-refractivity contribution in [3.8, 4) is 5.75 Å². The van der Waals surface area contributed by atoms with Crippen molar-refractivity contribution >= 4 is 18.0 Å². The number of morpholine rings is 1. The molecule has 3 aliphatic heterocycles. The number of fused-ring (bicyclic) bond motifs is 3. The molecule has 176 valence electrons. The number of esters is 1. The lowest BCUT2D eigenvalue weighted by Crippen LogP contribution is -2.53. The van der Waals surface area contributed by atoms with Gasteiger partial charge in [0.05, 0.1) is 18.8 Å². The number of hydrazone groups is 1. The summed E-state index contributed by atoms with van der Waals surface area (Å²) < 4.78 is 36.4. The smallest absolute Gasteiger partial charge is 0.318 e. The average Bonchev–Trinajstić information content (AvgIpc) is 3.44. The minimum Gasteiger partial charge on any atom is -0.483 e. The Kier molecular flexibility index (Phi) is 5.92. The van der Waals surface area contributed by atoms with Crippen molar-refractivity contribution in [3.63, 3.8) is 0 Å². The molecule has 1 saturated carbocycles. The van der Waals surface area contributed by atoms with E-state index in [0.717, 1.165) is 19.3 Å². The molecular formula is C23H27FN4O5. The first kappa shape index (κ1) is 21.7. The van der Waals surface area contributed by atoms with Crippen molar-refractivity contribution in [2.75, 3.05) is 20.5 Å². The standard InChI is InChI=1S/C23H27FN4O5/c1-3-31-23(29)16-10-25-28-12-20-22(26-21(16)28)27(17-5-4-6-19(17)33-20)11-14-9-15(24)7-8-18(14)32-13-30-2/h7-10,12,16-17,19,21H,3-6,11,13H2,1-2H3/t16?,17-,19+,21?/m1/s1. The highest BCUT2D eigenvalue weighted by molar-refractivity contribution is 6.00. The third-order valence-corrected chi connectivity index (χ3v) is 6.30. The Bertz CT molecular complexity index is 1010. The third kappa shape index (κ3) is 4.03. The van der Waals surface area contributed by atoms with Crippen LogP contribution >= 0.6 is 0 Å². The van der Waals surface area contributed by atoms with Crippen molar-refractivity contribution in [1.29, 1.82) is 0 Å². The normalized spacial score (nSPS) is 27.2. The molecule has 2 fully saturated rings. The van der Waals surface area contributed by atoms with Crippen molar-refractivity contribution < 1.29 is 28.1 Å². The largest absolute Gasteiger partial charge is 0.483 e. The molecule has 2 unspecified atom stereocenters. The Hall–Kier alpha value is -3.14. The first-order valence-corrected chi connectivity index (χ1v) is 11.2. The van der Waals surface area contributed by atoms with Crippen LogP contribution in [0.4, 0.5) is 4.39 Å².